The fourth-order valence-electron chi connectivity index (χ4n) is 1.56. The van der Waals surface area contributed by atoms with Crippen LogP contribution in [-0.2, 0) is 0 Å². The fraction of sp³-hybridized carbons (Fsp3) is 0.0714. The van der Waals surface area contributed by atoms with Crippen molar-refractivity contribution in [2.75, 3.05) is 0 Å². The zero-order valence-corrected chi connectivity index (χ0v) is 11.1. The third kappa shape index (κ3) is 3.39. The summed E-state index contributed by atoms with van der Waals surface area (Å²) in [5.41, 5.74) is 5.86. The third-order valence-electron chi connectivity index (χ3n) is 2.67. The Morgan fingerprint density at radius 3 is 2.38 bits per heavy atom. The first-order chi connectivity index (χ1) is 10.1. The van der Waals surface area contributed by atoms with Crippen molar-refractivity contribution in [3.63, 3.8) is 0 Å². The molecular formula is C14H11N5O2. The second kappa shape index (κ2) is 6.25. The lowest BCUT2D eigenvalue weighted by Gasteiger charge is -2.07. The fourth-order valence-corrected chi connectivity index (χ4v) is 1.56. The lowest BCUT2D eigenvalue weighted by atomic mass is 10.2. The van der Waals surface area contributed by atoms with Gasteiger partial charge in [-0.3, -0.25) is 25.4 Å². The van der Waals surface area contributed by atoms with E-state index in [2.05, 4.69) is 20.8 Å². The van der Waals surface area contributed by atoms with Crippen molar-refractivity contribution in [3.05, 3.63) is 59.2 Å². The van der Waals surface area contributed by atoms with E-state index in [9.17, 15) is 9.59 Å². The summed E-state index contributed by atoms with van der Waals surface area (Å²) in [5.74, 6) is -1.03. The van der Waals surface area contributed by atoms with Gasteiger partial charge in [0.25, 0.3) is 11.8 Å². The molecule has 7 nitrogen and oxygen atoms in total. The number of hydrogen-bond acceptors (Lipinski definition) is 5. The van der Waals surface area contributed by atoms with Gasteiger partial charge in [0.05, 0.1) is 11.3 Å². The molecule has 2 N–H and O–H groups in total. The molecule has 0 atom stereocenters. The molecular weight excluding hydrogens is 270 g/mol. The van der Waals surface area contributed by atoms with Crippen molar-refractivity contribution in [3.8, 4) is 6.07 Å². The highest BCUT2D eigenvalue weighted by Crippen LogP contribution is 2.05. The second-order valence-electron chi connectivity index (χ2n) is 4.09. The number of aromatic nitrogens is 2. The van der Waals surface area contributed by atoms with Crippen LogP contribution in [0.15, 0.2) is 36.7 Å². The first-order valence-electron chi connectivity index (χ1n) is 6.00. The molecule has 2 aromatic rings. The van der Waals surface area contributed by atoms with Gasteiger partial charge in [0.2, 0.25) is 0 Å². The van der Waals surface area contributed by atoms with Crippen LogP contribution in [0.3, 0.4) is 0 Å². The SMILES string of the molecule is Cc1nc(C(=O)NNC(=O)c2ccncc2)ccc1C#N. The number of pyridine rings is 2. The molecule has 0 aliphatic heterocycles. The van der Waals surface area contributed by atoms with Crippen LogP contribution in [0.25, 0.3) is 0 Å². The van der Waals surface area contributed by atoms with Crippen molar-refractivity contribution in [2.45, 2.75) is 6.92 Å². The predicted molar refractivity (Wildman–Crippen MR) is 72.9 cm³/mol. The maximum absolute atomic E-state index is 11.8. The van der Waals surface area contributed by atoms with E-state index in [0.29, 0.717) is 16.8 Å². The quantitative estimate of drug-likeness (QED) is 0.789. The van der Waals surface area contributed by atoms with Crippen LogP contribution in [0.1, 0.15) is 32.1 Å². The Bertz CT molecular complexity index is 722. The molecule has 2 aromatic heterocycles. The van der Waals surface area contributed by atoms with Gasteiger partial charge in [-0.15, -0.1) is 0 Å². The summed E-state index contributed by atoms with van der Waals surface area (Å²) in [6, 6.07) is 7.92. The number of rotatable bonds is 2. The molecule has 0 radical (unpaired) electrons. The van der Waals surface area contributed by atoms with E-state index in [4.69, 9.17) is 5.26 Å². The molecule has 2 rings (SSSR count). The number of aryl methyl sites for hydroxylation is 1. The molecule has 0 saturated carbocycles. The topological polar surface area (TPSA) is 108 Å². The Balaban J connectivity index is 2.01. The van der Waals surface area contributed by atoms with Crippen molar-refractivity contribution in [1.82, 2.24) is 20.8 Å². The van der Waals surface area contributed by atoms with E-state index in [0.717, 1.165) is 0 Å². The summed E-state index contributed by atoms with van der Waals surface area (Å²) in [6.45, 7) is 1.63. The van der Waals surface area contributed by atoms with Crippen molar-refractivity contribution >= 4 is 11.8 Å². The average molecular weight is 281 g/mol. The van der Waals surface area contributed by atoms with Crippen LogP contribution in [0.2, 0.25) is 0 Å². The second-order valence-corrected chi connectivity index (χ2v) is 4.09. The maximum Gasteiger partial charge on any atom is 0.288 e. The standard InChI is InChI=1S/C14H11N5O2/c1-9-11(8-15)2-3-12(17-9)14(21)19-18-13(20)10-4-6-16-7-5-10/h2-7H,1H3,(H,18,20)(H,19,21). The number of carbonyl (C=O) groups excluding carboxylic acids is 2. The molecule has 7 heteroatoms. The highest BCUT2D eigenvalue weighted by atomic mass is 16.2. The average Bonchev–Trinajstić information content (AvgIpc) is 2.53. The van der Waals surface area contributed by atoms with Gasteiger partial charge < -0.3 is 0 Å². The van der Waals surface area contributed by atoms with Crippen LogP contribution in [-0.4, -0.2) is 21.8 Å². The Kier molecular flexibility index (Phi) is 4.21. The lowest BCUT2D eigenvalue weighted by molar-refractivity contribution is 0.0844. The minimum Gasteiger partial charge on any atom is -0.267 e. The predicted octanol–water partition coefficient (Wildman–Crippen LogP) is 0.731. The number of nitrogens with zero attached hydrogens (tertiary/aromatic N) is 3. The van der Waals surface area contributed by atoms with Crippen molar-refractivity contribution in [2.24, 2.45) is 0 Å². The van der Waals surface area contributed by atoms with Crippen LogP contribution < -0.4 is 10.9 Å². The van der Waals surface area contributed by atoms with E-state index in [1.165, 1.54) is 36.7 Å². The molecule has 0 bridgehead atoms. The largest absolute Gasteiger partial charge is 0.288 e. The Morgan fingerprint density at radius 1 is 1.10 bits per heavy atom. The van der Waals surface area contributed by atoms with Crippen LogP contribution in [0.5, 0.6) is 0 Å². The van der Waals surface area contributed by atoms with Crippen LogP contribution >= 0.6 is 0 Å². The van der Waals surface area contributed by atoms with Gasteiger partial charge in [-0.25, -0.2) is 4.98 Å². The van der Waals surface area contributed by atoms with Gasteiger partial charge >= 0.3 is 0 Å². The smallest absolute Gasteiger partial charge is 0.267 e. The van der Waals surface area contributed by atoms with Crippen molar-refractivity contribution < 1.29 is 9.59 Å². The summed E-state index contributed by atoms with van der Waals surface area (Å²) in [7, 11) is 0. The summed E-state index contributed by atoms with van der Waals surface area (Å²) in [5, 5.41) is 8.80. The van der Waals surface area contributed by atoms with E-state index in [1.54, 1.807) is 6.92 Å². The minimum absolute atomic E-state index is 0.113. The Morgan fingerprint density at radius 2 is 1.76 bits per heavy atom. The summed E-state index contributed by atoms with van der Waals surface area (Å²) >= 11 is 0. The summed E-state index contributed by atoms with van der Waals surface area (Å²) in [4.78, 5) is 31.4. The van der Waals surface area contributed by atoms with E-state index in [1.807, 2.05) is 6.07 Å². The zero-order chi connectivity index (χ0) is 15.2. The molecule has 0 aromatic carbocycles. The van der Waals surface area contributed by atoms with Gasteiger partial charge in [-0.1, -0.05) is 0 Å². The zero-order valence-electron chi connectivity index (χ0n) is 11.1. The van der Waals surface area contributed by atoms with Gasteiger partial charge in [-0.05, 0) is 31.2 Å². The molecule has 2 heterocycles. The highest BCUT2D eigenvalue weighted by molar-refractivity contribution is 5.98. The van der Waals surface area contributed by atoms with Gasteiger partial charge in [0.15, 0.2) is 0 Å². The van der Waals surface area contributed by atoms with Crippen molar-refractivity contribution in [1.29, 1.82) is 5.26 Å². The number of hydrazine groups is 1. The van der Waals surface area contributed by atoms with Gasteiger partial charge in [0.1, 0.15) is 11.8 Å². The van der Waals surface area contributed by atoms with E-state index in [-0.39, 0.29) is 5.69 Å². The first kappa shape index (κ1) is 14.1. The van der Waals surface area contributed by atoms with Crippen LogP contribution in [0, 0.1) is 18.3 Å². The molecule has 0 fully saturated rings. The normalized spacial score (nSPS) is 9.52. The van der Waals surface area contributed by atoms with E-state index >= 15 is 0 Å². The van der Waals surface area contributed by atoms with Gasteiger partial charge in [-0.2, -0.15) is 5.26 Å². The van der Waals surface area contributed by atoms with E-state index < -0.39 is 11.8 Å². The third-order valence-corrected chi connectivity index (χ3v) is 2.67. The van der Waals surface area contributed by atoms with Crippen LogP contribution in [0.4, 0.5) is 0 Å². The molecule has 0 spiro atoms. The minimum atomic E-state index is -0.565. The molecule has 0 aliphatic carbocycles. The molecule has 2 amide bonds. The monoisotopic (exact) mass is 281 g/mol. The molecule has 104 valence electrons. The number of amides is 2. The summed E-state index contributed by atoms with van der Waals surface area (Å²) < 4.78 is 0. The molecule has 0 unspecified atom stereocenters. The maximum atomic E-state index is 11.8. The number of nitriles is 1. The Labute approximate surface area is 120 Å². The number of nitrogens with one attached hydrogen (secondary N) is 2. The number of hydrogen-bond donors (Lipinski definition) is 2. The lowest BCUT2D eigenvalue weighted by Crippen LogP contribution is -2.42. The van der Waals surface area contributed by atoms with Gasteiger partial charge in [0, 0.05) is 18.0 Å². The first-order valence-corrected chi connectivity index (χ1v) is 6.00. The Hall–Kier alpha value is -3.27. The molecule has 21 heavy (non-hydrogen) atoms. The molecule has 0 aliphatic rings. The summed E-state index contributed by atoms with van der Waals surface area (Å²) in [6.07, 6.45) is 2.95. The number of carbonyl (C=O) groups is 2. The highest BCUT2D eigenvalue weighted by Gasteiger charge is 2.11. The molecule has 0 saturated heterocycles.